The van der Waals surface area contributed by atoms with Crippen molar-refractivity contribution in [2.45, 2.75) is 57.3 Å². The highest BCUT2D eigenvalue weighted by Gasteiger charge is 2.67. The number of aliphatic hydroxyl groups is 1. The van der Waals surface area contributed by atoms with Crippen molar-refractivity contribution >= 4 is 11.6 Å². The Morgan fingerprint density at radius 1 is 1.03 bits per heavy atom. The molecule has 5 unspecified atom stereocenters. The van der Waals surface area contributed by atoms with E-state index in [0.717, 1.165) is 24.7 Å². The van der Waals surface area contributed by atoms with Gasteiger partial charge >= 0.3 is 0 Å². The molecule has 1 spiro atoms. The van der Waals surface area contributed by atoms with Gasteiger partial charge in [0, 0.05) is 17.9 Å². The van der Waals surface area contributed by atoms with Crippen LogP contribution in [0, 0.1) is 23.2 Å². The number of carbonyl (C=O) groups excluding carboxylic acids is 2. The van der Waals surface area contributed by atoms with E-state index in [1.165, 1.54) is 48.8 Å². The zero-order valence-electron chi connectivity index (χ0n) is 16.8. The van der Waals surface area contributed by atoms with Crippen molar-refractivity contribution in [2.75, 3.05) is 6.61 Å². The van der Waals surface area contributed by atoms with Crippen LogP contribution >= 0.6 is 0 Å². The number of benzene rings is 1. The quantitative estimate of drug-likeness (QED) is 0.760. The Balaban J connectivity index is 1.46. The molecule has 5 aliphatic rings. The monoisotopic (exact) mass is 388 g/mol. The van der Waals surface area contributed by atoms with E-state index in [2.05, 4.69) is 12.1 Å². The number of aliphatic hydroxyl groups excluding tert-OH is 1. The van der Waals surface area contributed by atoms with Gasteiger partial charge in [0.05, 0.1) is 0 Å². The lowest BCUT2D eigenvalue weighted by Crippen LogP contribution is -2.37. The van der Waals surface area contributed by atoms with Crippen molar-refractivity contribution in [1.29, 1.82) is 0 Å². The molecule has 29 heavy (non-hydrogen) atoms. The van der Waals surface area contributed by atoms with Gasteiger partial charge in [0.15, 0.2) is 11.6 Å². The molecule has 0 radical (unpaired) electrons. The molecule has 0 saturated heterocycles. The fourth-order valence-corrected chi connectivity index (χ4v) is 7.59. The summed E-state index contributed by atoms with van der Waals surface area (Å²) in [5.41, 5.74) is 6.92. The zero-order chi connectivity index (χ0) is 19.8. The van der Waals surface area contributed by atoms with E-state index in [9.17, 15) is 9.59 Å². The highest BCUT2D eigenvalue weighted by Crippen LogP contribution is 2.76. The van der Waals surface area contributed by atoms with Crippen LogP contribution in [0.4, 0.5) is 0 Å². The molecular weight excluding hydrogens is 360 g/mol. The largest absolute Gasteiger partial charge is 0.388 e. The van der Waals surface area contributed by atoms with E-state index in [4.69, 9.17) is 5.11 Å². The number of hydrogen-bond donors (Lipinski definition) is 1. The standard InChI is InChI=1S/C26H28O3/c27-14-24(29)16-3-1-15(2-4-16)22-13-26-12-18(26)6-10-23(26)21-8-5-17-11-19(28)7-9-20(17)25(21)22/h1-4,11,18,21-23,27H,5-10,12-14H2. The van der Waals surface area contributed by atoms with Gasteiger partial charge < -0.3 is 5.11 Å². The molecule has 3 fully saturated rings. The maximum Gasteiger partial charge on any atom is 0.188 e. The molecule has 3 heteroatoms. The first-order chi connectivity index (χ1) is 14.1. The Morgan fingerprint density at radius 2 is 1.86 bits per heavy atom. The Kier molecular flexibility index (Phi) is 3.84. The molecule has 5 aliphatic carbocycles. The second-order valence-corrected chi connectivity index (χ2v) is 9.99. The molecule has 0 heterocycles. The Labute approximate surface area is 171 Å². The van der Waals surface area contributed by atoms with Crippen LogP contribution in [0.15, 0.2) is 47.1 Å². The predicted molar refractivity (Wildman–Crippen MR) is 111 cm³/mol. The summed E-state index contributed by atoms with van der Waals surface area (Å²) >= 11 is 0. The summed E-state index contributed by atoms with van der Waals surface area (Å²) in [5.74, 6) is 2.96. The number of fused-ring (bicyclic) bond motifs is 3. The fourth-order valence-electron chi connectivity index (χ4n) is 7.59. The average molecular weight is 389 g/mol. The normalized spacial score (nSPS) is 37.3. The van der Waals surface area contributed by atoms with E-state index in [1.807, 2.05) is 18.2 Å². The van der Waals surface area contributed by atoms with E-state index in [-0.39, 0.29) is 5.78 Å². The van der Waals surface area contributed by atoms with E-state index in [0.29, 0.717) is 35.0 Å². The summed E-state index contributed by atoms with van der Waals surface area (Å²) in [7, 11) is 0. The number of ketones is 2. The third kappa shape index (κ3) is 2.53. The molecule has 1 aromatic rings. The van der Waals surface area contributed by atoms with Crippen LogP contribution in [0.1, 0.15) is 73.2 Å². The van der Waals surface area contributed by atoms with Crippen LogP contribution in [0.3, 0.4) is 0 Å². The first kappa shape index (κ1) is 17.8. The molecule has 0 amide bonds. The molecular formula is C26H28O3. The summed E-state index contributed by atoms with van der Waals surface area (Å²) in [6.45, 7) is -0.436. The number of Topliss-reactive ketones (excluding diaryl/α,β-unsaturated/α-hetero) is 1. The molecule has 3 nitrogen and oxygen atoms in total. The average Bonchev–Trinajstić information content (AvgIpc) is 3.32. The van der Waals surface area contributed by atoms with Crippen LogP contribution in [0.2, 0.25) is 0 Å². The second-order valence-electron chi connectivity index (χ2n) is 9.99. The number of hydrogen-bond acceptors (Lipinski definition) is 3. The van der Waals surface area contributed by atoms with E-state index < -0.39 is 6.61 Å². The lowest BCUT2D eigenvalue weighted by Gasteiger charge is -2.48. The Hall–Kier alpha value is -2.00. The minimum Gasteiger partial charge on any atom is -0.388 e. The topological polar surface area (TPSA) is 54.4 Å². The van der Waals surface area contributed by atoms with E-state index in [1.54, 1.807) is 5.57 Å². The van der Waals surface area contributed by atoms with Crippen molar-refractivity contribution < 1.29 is 14.7 Å². The predicted octanol–water partition coefficient (Wildman–Crippen LogP) is 4.76. The van der Waals surface area contributed by atoms with Gasteiger partial charge in [-0.2, -0.15) is 0 Å². The number of allylic oxidation sites excluding steroid dienone is 4. The van der Waals surface area contributed by atoms with Gasteiger partial charge in [-0.3, -0.25) is 9.59 Å². The molecule has 6 rings (SSSR count). The smallest absolute Gasteiger partial charge is 0.188 e. The Bertz CT molecular complexity index is 966. The first-order valence-corrected chi connectivity index (χ1v) is 11.3. The van der Waals surface area contributed by atoms with Gasteiger partial charge in [-0.05, 0) is 90.9 Å². The molecule has 0 aliphatic heterocycles. The number of carbonyl (C=O) groups is 2. The second kappa shape index (κ2) is 6.25. The van der Waals surface area contributed by atoms with Crippen LogP contribution < -0.4 is 0 Å². The van der Waals surface area contributed by atoms with Gasteiger partial charge in [-0.1, -0.05) is 29.8 Å². The van der Waals surface area contributed by atoms with Crippen molar-refractivity contribution in [3.63, 3.8) is 0 Å². The molecule has 1 N–H and O–H groups in total. The lowest BCUT2D eigenvalue weighted by molar-refractivity contribution is -0.114. The minimum atomic E-state index is -0.436. The number of rotatable bonds is 3. The van der Waals surface area contributed by atoms with Crippen LogP contribution in [-0.2, 0) is 4.79 Å². The van der Waals surface area contributed by atoms with E-state index >= 15 is 0 Å². The van der Waals surface area contributed by atoms with Gasteiger partial charge in [-0.15, -0.1) is 0 Å². The SMILES string of the molecule is O=C1C=C2CCC3C(=C2CC1)C(c1ccc(C(=O)CO)cc1)CC12CC1CCC32. The molecule has 1 aromatic carbocycles. The van der Waals surface area contributed by atoms with Gasteiger partial charge in [0.2, 0.25) is 0 Å². The summed E-state index contributed by atoms with van der Waals surface area (Å²) in [4.78, 5) is 23.9. The maximum atomic E-state index is 12.0. The fraction of sp³-hybridized carbons (Fsp3) is 0.538. The van der Waals surface area contributed by atoms with Gasteiger partial charge in [-0.25, -0.2) is 0 Å². The highest BCUT2D eigenvalue weighted by molar-refractivity contribution is 5.97. The van der Waals surface area contributed by atoms with Crippen molar-refractivity contribution in [1.82, 2.24) is 0 Å². The molecule has 3 saturated carbocycles. The van der Waals surface area contributed by atoms with Crippen LogP contribution in [-0.4, -0.2) is 23.3 Å². The molecule has 0 bridgehead atoms. The summed E-state index contributed by atoms with van der Waals surface area (Å²) in [6.07, 6.45) is 11.2. The van der Waals surface area contributed by atoms with Crippen molar-refractivity contribution in [3.8, 4) is 0 Å². The van der Waals surface area contributed by atoms with Gasteiger partial charge in [0.1, 0.15) is 6.61 Å². The highest BCUT2D eigenvalue weighted by atomic mass is 16.3. The zero-order valence-corrected chi connectivity index (χ0v) is 16.8. The van der Waals surface area contributed by atoms with Crippen molar-refractivity contribution in [3.05, 3.63) is 58.2 Å². The summed E-state index contributed by atoms with van der Waals surface area (Å²) in [6, 6.07) is 8.02. The Morgan fingerprint density at radius 3 is 2.62 bits per heavy atom. The minimum absolute atomic E-state index is 0.217. The first-order valence-electron chi connectivity index (χ1n) is 11.3. The third-order valence-electron chi connectivity index (χ3n) is 8.88. The summed E-state index contributed by atoms with van der Waals surface area (Å²) in [5, 5.41) is 9.16. The summed E-state index contributed by atoms with van der Waals surface area (Å²) < 4.78 is 0. The van der Waals surface area contributed by atoms with Crippen LogP contribution in [0.5, 0.6) is 0 Å². The maximum absolute atomic E-state index is 12.0. The lowest BCUT2D eigenvalue weighted by atomic mass is 9.56. The van der Waals surface area contributed by atoms with Crippen molar-refractivity contribution in [2.24, 2.45) is 23.2 Å². The van der Waals surface area contributed by atoms with Crippen LogP contribution in [0.25, 0.3) is 0 Å². The molecule has 5 atom stereocenters. The molecule has 150 valence electrons. The molecule has 0 aromatic heterocycles. The van der Waals surface area contributed by atoms with Gasteiger partial charge in [0.25, 0.3) is 0 Å². The third-order valence-corrected chi connectivity index (χ3v) is 8.88.